The minimum absolute atomic E-state index is 0.0815. The second kappa shape index (κ2) is 8.31. The highest BCUT2D eigenvalue weighted by Gasteiger charge is 2.06. The van der Waals surface area contributed by atoms with Crippen molar-refractivity contribution in [2.45, 2.75) is 19.5 Å². The molecule has 1 aromatic carbocycles. The molecule has 0 atom stereocenters. The highest BCUT2D eigenvalue weighted by Crippen LogP contribution is 2.11. The molecule has 130 valence electrons. The van der Waals surface area contributed by atoms with E-state index in [2.05, 4.69) is 31.4 Å². The van der Waals surface area contributed by atoms with Gasteiger partial charge in [0.1, 0.15) is 0 Å². The van der Waals surface area contributed by atoms with Crippen LogP contribution in [0.25, 0.3) is 0 Å². The summed E-state index contributed by atoms with van der Waals surface area (Å²) in [4.78, 5) is 12.3. The van der Waals surface area contributed by atoms with Crippen LogP contribution in [0.5, 0.6) is 0 Å². The third kappa shape index (κ3) is 5.17. The van der Waals surface area contributed by atoms with E-state index < -0.39 is 0 Å². The van der Waals surface area contributed by atoms with Crippen LogP contribution in [0.1, 0.15) is 22.3 Å². The van der Waals surface area contributed by atoms with E-state index in [4.69, 9.17) is 11.6 Å². The summed E-state index contributed by atoms with van der Waals surface area (Å²) >= 11 is 9.19. The van der Waals surface area contributed by atoms with Gasteiger partial charge in [0.15, 0.2) is 0 Å². The number of carbonyl (C=O) groups is 1. The zero-order valence-electron chi connectivity index (χ0n) is 13.4. The number of rotatable bonds is 7. The Morgan fingerprint density at radius 1 is 1.20 bits per heavy atom. The molecule has 3 aromatic rings. The molecule has 2 heterocycles. The molecule has 0 aliphatic heterocycles. The van der Waals surface area contributed by atoms with Crippen LogP contribution in [-0.4, -0.2) is 32.0 Å². The first-order valence-electron chi connectivity index (χ1n) is 7.83. The maximum absolute atomic E-state index is 12.3. The molecule has 0 saturated carbocycles. The van der Waals surface area contributed by atoms with Crippen molar-refractivity contribution in [1.29, 1.82) is 0 Å². The standard InChI is InChI=1S/C17H17BrClN5O/c18-15-8-21-24(11-15)10-13-3-1-4-14(7-13)17(25)20-5-2-6-23-12-16(19)9-22-23/h1,3-4,7-9,11-12H,2,5-6,10H2,(H,20,25). The lowest BCUT2D eigenvalue weighted by Gasteiger charge is -2.07. The molecule has 0 aliphatic carbocycles. The van der Waals surface area contributed by atoms with Gasteiger partial charge in [0.25, 0.3) is 5.91 Å². The Bertz CT molecular complexity index is 860. The third-order valence-corrected chi connectivity index (χ3v) is 4.19. The van der Waals surface area contributed by atoms with E-state index in [9.17, 15) is 4.79 Å². The number of amides is 1. The molecular weight excluding hydrogens is 406 g/mol. The van der Waals surface area contributed by atoms with Crippen LogP contribution in [0, 0.1) is 0 Å². The molecule has 25 heavy (non-hydrogen) atoms. The molecule has 0 spiro atoms. The number of hydrogen-bond donors (Lipinski definition) is 1. The zero-order chi connectivity index (χ0) is 17.6. The summed E-state index contributed by atoms with van der Waals surface area (Å²) in [6.45, 7) is 1.90. The van der Waals surface area contributed by atoms with E-state index in [0.717, 1.165) is 16.5 Å². The van der Waals surface area contributed by atoms with Crippen molar-refractivity contribution in [3.05, 3.63) is 69.7 Å². The van der Waals surface area contributed by atoms with Gasteiger partial charge in [0.05, 0.1) is 28.4 Å². The van der Waals surface area contributed by atoms with Crippen LogP contribution in [-0.2, 0) is 13.1 Å². The van der Waals surface area contributed by atoms with Gasteiger partial charge in [-0.05, 0) is 40.0 Å². The topological polar surface area (TPSA) is 64.7 Å². The fourth-order valence-electron chi connectivity index (χ4n) is 2.43. The predicted octanol–water partition coefficient (Wildman–Crippen LogP) is 3.36. The number of aromatic nitrogens is 4. The van der Waals surface area contributed by atoms with Crippen molar-refractivity contribution >= 4 is 33.4 Å². The predicted molar refractivity (Wildman–Crippen MR) is 99.7 cm³/mol. The Balaban J connectivity index is 1.50. The second-order valence-corrected chi connectivity index (χ2v) is 6.94. The summed E-state index contributed by atoms with van der Waals surface area (Å²) in [5.74, 6) is -0.0815. The summed E-state index contributed by atoms with van der Waals surface area (Å²) in [5.41, 5.74) is 1.67. The van der Waals surface area contributed by atoms with E-state index in [1.165, 1.54) is 0 Å². The third-order valence-electron chi connectivity index (χ3n) is 3.59. The molecule has 0 unspecified atom stereocenters. The molecule has 6 nitrogen and oxygen atoms in total. The number of halogens is 2. The molecule has 0 saturated heterocycles. The minimum atomic E-state index is -0.0815. The van der Waals surface area contributed by atoms with E-state index in [-0.39, 0.29) is 5.91 Å². The van der Waals surface area contributed by atoms with Gasteiger partial charge >= 0.3 is 0 Å². The van der Waals surface area contributed by atoms with Crippen molar-refractivity contribution in [2.75, 3.05) is 6.54 Å². The minimum Gasteiger partial charge on any atom is -0.352 e. The number of nitrogens with zero attached hydrogens (tertiary/aromatic N) is 4. The lowest BCUT2D eigenvalue weighted by Crippen LogP contribution is -2.25. The van der Waals surface area contributed by atoms with Gasteiger partial charge in [0, 0.05) is 31.0 Å². The molecule has 0 fully saturated rings. The zero-order valence-corrected chi connectivity index (χ0v) is 15.7. The second-order valence-electron chi connectivity index (χ2n) is 5.59. The van der Waals surface area contributed by atoms with E-state index in [0.29, 0.717) is 30.2 Å². The Labute approximate surface area is 158 Å². The average molecular weight is 423 g/mol. The van der Waals surface area contributed by atoms with Crippen molar-refractivity contribution in [2.24, 2.45) is 0 Å². The quantitative estimate of drug-likeness (QED) is 0.594. The number of benzene rings is 1. The van der Waals surface area contributed by atoms with Crippen LogP contribution >= 0.6 is 27.5 Å². The summed E-state index contributed by atoms with van der Waals surface area (Å²) in [5, 5.41) is 11.9. The normalized spacial score (nSPS) is 10.8. The monoisotopic (exact) mass is 421 g/mol. The molecule has 0 bridgehead atoms. The first kappa shape index (κ1) is 17.7. The lowest BCUT2D eigenvalue weighted by molar-refractivity contribution is 0.0952. The first-order valence-corrected chi connectivity index (χ1v) is 9.00. The van der Waals surface area contributed by atoms with Crippen LogP contribution in [0.2, 0.25) is 5.02 Å². The molecular formula is C17H17BrClN5O. The molecule has 8 heteroatoms. The lowest BCUT2D eigenvalue weighted by atomic mass is 10.1. The molecule has 0 radical (unpaired) electrons. The molecule has 0 aliphatic rings. The Morgan fingerprint density at radius 3 is 2.76 bits per heavy atom. The van der Waals surface area contributed by atoms with Crippen LogP contribution < -0.4 is 5.32 Å². The van der Waals surface area contributed by atoms with Gasteiger partial charge in [-0.2, -0.15) is 10.2 Å². The van der Waals surface area contributed by atoms with Crippen LogP contribution in [0.15, 0.2) is 53.5 Å². The summed E-state index contributed by atoms with van der Waals surface area (Å²) < 4.78 is 4.51. The SMILES string of the molecule is O=C(NCCCn1cc(Cl)cn1)c1cccc(Cn2cc(Br)cn2)c1. The van der Waals surface area contributed by atoms with Crippen molar-refractivity contribution in [3.8, 4) is 0 Å². The van der Waals surface area contributed by atoms with Gasteiger partial charge < -0.3 is 5.32 Å². The van der Waals surface area contributed by atoms with E-state index in [1.807, 2.05) is 35.1 Å². The van der Waals surface area contributed by atoms with Crippen LogP contribution in [0.3, 0.4) is 0 Å². The maximum Gasteiger partial charge on any atom is 0.251 e. The molecule has 1 N–H and O–H groups in total. The van der Waals surface area contributed by atoms with E-state index in [1.54, 1.807) is 23.3 Å². The molecule has 1 amide bonds. The summed E-state index contributed by atoms with van der Waals surface area (Å²) in [6, 6.07) is 7.56. The van der Waals surface area contributed by atoms with Gasteiger partial charge in [-0.3, -0.25) is 14.2 Å². The Kier molecular flexibility index (Phi) is 5.88. The highest BCUT2D eigenvalue weighted by molar-refractivity contribution is 9.10. The van der Waals surface area contributed by atoms with E-state index >= 15 is 0 Å². The number of aryl methyl sites for hydroxylation is 1. The Hall–Kier alpha value is -2.12. The molecule has 3 rings (SSSR count). The fourth-order valence-corrected chi connectivity index (χ4v) is 2.91. The molecule has 2 aromatic heterocycles. The maximum atomic E-state index is 12.3. The summed E-state index contributed by atoms with van der Waals surface area (Å²) in [7, 11) is 0. The van der Waals surface area contributed by atoms with Gasteiger partial charge in [-0.25, -0.2) is 0 Å². The smallest absolute Gasteiger partial charge is 0.251 e. The average Bonchev–Trinajstić information content (AvgIpc) is 3.20. The van der Waals surface area contributed by atoms with Crippen molar-refractivity contribution in [3.63, 3.8) is 0 Å². The fraction of sp³-hybridized carbons (Fsp3) is 0.235. The first-order chi connectivity index (χ1) is 12.1. The highest BCUT2D eigenvalue weighted by atomic mass is 79.9. The van der Waals surface area contributed by atoms with Gasteiger partial charge in [-0.1, -0.05) is 23.7 Å². The number of carbonyl (C=O) groups excluding carboxylic acids is 1. The Morgan fingerprint density at radius 2 is 2.04 bits per heavy atom. The van der Waals surface area contributed by atoms with Gasteiger partial charge in [0.2, 0.25) is 0 Å². The van der Waals surface area contributed by atoms with Gasteiger partial charge in [-0.15, -0.1) is 0 Å². The number of nitrogens with one attached hydrogen (secondary N) is 1. The number of hydrogen-bond acceptors (Lipinski definition) is 3. The largest absolute Gasteiger partial charge is 0.352 e. The van der Waals surface area contributed by atoms with Crippen LogP contribution in [0.4, 0.5) is 0 Å². The van der Waals surface area contributed by atoms with Crippen molar-refractivity contribution < 1.29 is 4.79 Å². The van der Waals surface area contributed by atoms with Crippen molar-refractivity contribution in [1.82, 2.24) is 24.9 Å². The summed E-state index contributed by atoms with van der Waals surface area (Å²) in [6.07, 6.45) is 7.78.